The first-order chi connectivity index (χ1) is 9.43. The zero-order chi connectivity index (χ0) is 16.4. The maximum Gasteiger partial charge on any atom is 0.417 e. The summed E-state index contributed by atoms with van der Waals surface area (Å²) in [6.07, 6.45) is -4.79. The molecule has 0 bridgehead atoms. The second-order valence-corrected chi connectivity index (χ2v) is 6.48. The number of rotatable bonds is 5. The van der Waals surface area contributed by atoms with Crippen molar-refractivity contribution in [3.05, 3.63) is 23.8 Å². The average molecular weight is 325 g/mol. The van der Waals surface area contributed by atoms with Crippen LogP contribution < -0.4 is 10.0 Å². The molecule has 0 unspecified atom stereocenters. The molecule has 0 heterocycles. The fourth-order valence-corrected chi connectivity index (χ4v) is 2.44. The first-order valence-corrected chi connectivity index (χ1v) is 7.57. The SMILES string of the molecule is CN(C)CCN(C)c1ccc(S(N)(=O)=O)c(C(F)(F)F)c1. The summed E-state index contributed by atoms with van der Waals surface area (Å²) in [5.74, 6) is 0. The Bertz CT molecular complexity index is 600. The van der Waals surface area contributed by atoms with Crippen LogP contribution in [-0.4, -0.2) is 47.6 Å². The van der Waals surface area contributed by atoms with E-state index in [1.54, 1.807) is 11.9 Å². The molecule has 1 aromatic rings. The second kappa shape index (κ2) is 6.20. The lowest BCUT2D eigenvalue weighted by atomic mass is 10.2. The van der Waals surface area contributed by atoms with Crippen molar-refractivity contribution < 1.29 is 21.6 Å². The highest BCUT2D eigenvalue weighted by Gasteiger charge is 2.36. The second-order valence-electron chi connectivity index (χ2n) is 4.95. The van der Waals surface area contributed by atoms with E-state index in [1.807, 2.05) is 19.0 Å². The number of hydrogen-bond acceptors (Lipinski definition) is 4. The van der Waals surface area contributed by atoms with Crippen LogP contribution in [-0.2, 0) is 16.2 Å². The van der Waals surface area contributed by atoms with E-state index in [-0.39, 0.29) is 5.69 Å². The Kier molecular flexibility index (Phi) is 5.24. The lowest BCUT2D eigenvalue weighted by Crippen LogP contribution is -2.29. The number of halogens is 3. The molecular formula is C12H18F3N3O2S. The van der Waals surface area contributed by atoms with Gasteiger partial charge in [0, 0.05) is 25.8 Å². The van der Waals surface area contributed by atoms with Gasteiger partial charge in [-0.15, -0.1) is 0 Å². The van der Waals surface area contributed by atoms with E-state index in [4.69, 9.17) is 5.14 Å². The van der Waals surface area contributed by atoms with Crippen molar-refractivity contribution in [1.29, 1.82) is 0 Å². The van der Waals surface area contributed by atoms with Crippen molar-refractivity contribution in [3.63, 3.8) is 0 Å². The molecule has 0 fully saturated rings. The summed E-state index contributed by atoms with van der Waals surface area (Å²) in [7, 11) is 0.896. The molecule has 0 radical (unpaired) electrons. The van der Waals surface area contributed by atoms with Crippen LogP contribution in [0.1, 0.15) is 5.56 Å². The number of likely N-dealkylation sites (N-methyl/N-ethyl adjacent to an activating group) is 2. The van der Waals surface area contributed by atoms with Gasteiger partial charge in [-0.3, -0.25) is 0 Å². The molecule has 9 heteroatoms. The molecule has 1 rings (SSSR count). The van der Waals surface area contributed by atoms with Crippen molar-refractivity contribution in [1.82, 2.24) is 4.90 Å². The Morgan fingerprint density at radius 3 is 2.14 bits per heavy atom. The number of benzene rings is 1. The Hall–Kier alpha value is -1.32. The lowest BCUT2D eigenvalue weighted by molar-refractivity contribution is -0.139. The van der Waals surface area contributed by atoms with Crippen LogP contribution in [0, 0.1) is 0 Å². The third kappa shape index (κ3) is 4.87. The number of sulfonamides is 1. The van der Waals surface area contributed by atoms with Crippen molar-refractivity contribution in [3.8, 4) is 0 Å². The van der Waals surface area contributed by atoms with Crippen LogP contribution in [0.3, 0.4) is 0 Å². The monoisotopic (exact) mass is 325 g/mol. The lowest BCUT2D eigenvalue weighted by Gasteiger charge is -2.23. The molecular weight excluding hydrogens is 307 g/mol. The van der Waals surface area contributed by atoms with Gasteiger partial charge >= 0.3 is 6.18 Å². The Balaban J connectivity index is 3.23. The minimum Gasteiger partial charge on any atom is -0.373 e. The summed E-state index contributed by atoms with van der Waals surface area (Å²) in [6, 6.07) is 3.00. The molecule has 0 aliphatic rings. The zero-order valence-electron chi connectivity index (χ0n) is 12.0. The molecule has 2 N–H and O–H groups in total. The van der Waals surface area contributed by atoms with Gasteiger partial charge in [0.25, 0.3) is 0 Å². The average Bonchev–Trinajstić information content (AvgIpc) is 2.33. The summed E-state index contributed by atoms with van der Waals surface area (Å²) in [6.45, 7) is 1.15. The van der Waals surface area contributed by atoms with Crippen molar-refractivity contribution in [2.45, 2.75) is 11.1 Å². The minimum absolute atomic E-state index is 0.275. The van der Waals surface area contributed by atoms with Gasteiger partial charge in [0.2, 0.25) is 10.0 Å². The van der Waals surface area contributed by atoms with Crippen molar-refractivity contribution in [2.24, 2.45) is 5.14 Å². The summed E-state index contributed by atoms with van der Waals surface area (Å²) >= 11 is 0. The zero-order valence-corrected chi connectivity index (χ0v) is 12.8. The topological polar surface area (TPSA) is 66.6 Å². The summed E-state index contributed by atoms with van der Waals surface area (Å²) in [5, 5.41) is 4.83. The standard InChI is InChI=1S/C12H18F3N3O2S/c1-17(2)6-7-18(3)9-4-5-11(21(16,19)20)10(8-9)12(13,14)15/h4-5,8H,6-7H2,1-3H3,(H2,16,19,20). The van der Waals surface area contributed by atoms with E-state index in [1.165, 1.54) is 6.07 Å². The van der Waals surface area contributed by atoms with Gasteiger partial charge in [-0.05, 0) is 32.3 Å². The van der Waals surface area contributed by atoms with E-state index < -0.39 is 26.7 Å². The number of anilines is 1. The molecule has 0 amide bonds. The van der Waals surface area contributed by atoms with Crippen LogP contribution in [0.25, 0.3) is 0 Å². The first-order valence-electron chi connectivity index (χ1n) is 6.03. The largest absolute Gasteiger partial charge is 0.417 e. The maximum absolute atomic E-state index is 13.0. The van der Waals surface area contributed by atoms with E-state index in [0.29, 0.717) is 13.1 Å². The molecule has 0 aliphatic heterocycles. The Morgan fingerprint density at radius 1 is 1.14 bits per heavy atom. The first kappa shape index (κ1) is 17.7. The quantitative estimate of drug-likeness (QED) is 0.887. The van der Waals surface area contributed by atoms with Crippen LogP contribution in [0.2, 0.25) is 0 Å². The van der Waals surface area contributed by atoms with E-state index in [2.05, 4.69) is 0 Å². The van der Waals surface area contributed by atoms with Crippen molar-refractivity contribution in [2.75, 3.05) is 39.1 Å². The third-order valence-corrected chi connectivity index (χ3v) is 3.87. The Morgan fingerprint density at radius 2 is 1.71 bits per heavy atom. The fourth-order valence-electron chi connectivity index (χ4n) is 1.70. The molecule has 0 aromatic heterocycles. The molecule has 1 aromatic carbocycles. The molecule has 0 atom stereocenters. The molecule has 0 saturated carbocycles. The predicted octanol–water partition coefficient (Wildman–Crippen LogP) is 1.35. The van der Waals surface area contributed by atoms with Crippen LogP contribution >= 0.6 is 0 Å². The molecule has 0 aliphatic carbocycles. The molecule has 5 nitrogen and oxygen atoms in total. The molecule has 0 saturated heterocycles. The van der Waals surface area contributed by atoms with Crippen LogP contribution in [0.15, 0.2) is 23.1 Å². The fraction of sp³-hybridized carbons (Fsp3) is 0.500. The number of hydrogen-bond donors (Lipinski definition) is 1. The normalized spacial score (nSPS) is 12.8. The van der Waals surface area contributed by atoms with Gasteiger partial charge in [-0.25, -0.2) is 13.6 Å². The predicted molar refractivity (Wildman–Crippen MR) is 74.6 cm³/mol. The highest BCUT2D eigenvalue weighted by Crippen LogP contribution is 2.36. The van der Waals surface area contributed by atoms with Gasteiger partial charge < -0.3 is 9.80 Å². The van der Waals surface area contributed by atoms with Crippen LogP contribution in [0.4, 0.5) is 18.9 Å². The van der Waals surface area contributed by atoms with Crippen molar-refractivity contribution >= 4 is 15.7 Å². The summed E-state index contributed by atoms with van der Waals surface area (Å²) in [5.41, 5.74) is -0.976. The third-order valence-electron chi connectivity index (χ3n) is 2.90. The van der Waals surface area contributed by atoms with E-state index in [9.17, 15) is 21.6 Å². The van der Waals surface area contributed by atoms with Gasteiger partial charge in [0.15, 0.2) is 0 Å². The maximum atomic E-state index is 13.0. The van der Waals surface area contributed by atoms with Gasteiger partial charge in [0.1, 0.15) is 0 Å². The van der Waals surface area contributed by atoms with Gasteiger partial charge in [-0.2, -0.15) is 13.2 Å². The molecule has 120 valence electrons. The number of nitrogens with two attached hydrogens (primary N) is 1. The minimum atomic E-state index is -4.79. The summed E-state index contributed by atoms with van der Waals surface area (Å²) in [4.78, 5) is 2.59. The van der Waals surface area contributed by atoms with Gasteiger partial charge in [-0.1, -0.05) is 0 Å². The highest BCUT2D eigenvalue weighted by molar-refractivity contribution is 7.89. The highest BCUT2D eigenvalue weighted by atomic mass is 32.2. The number of alkyl halides is 3. The van der Waals surface area contributed by atoms with Gasteiger partial charge in [0.05, 0.1) is 10.5 Å². The smallest absolute Gasteiger partial charge is 0.373 e. The van der Waals surface area contributed by atoms with E-state index in [0.717, 1.165) is 12.1 Å². The van der Waals surface area contributed by atoms with Crippen LogP contribution in [0.5, 0.6) is 0 Å². The Labute approximate surface area is 122 Å². The van der Waals surface area contributed by atoms with E-state index >= 15 is 0 Å². The number of nitrogens with zero attached hydrogens (tertiary/aromatic N) is 2. The molecule has 21 heavy (non-hydrogen) atoms. The number of primary sulfonamides is 1. The molecule has 0 spiro atoms. The summed E-state index contributed by atoms with van der Waals surface area (Å²) < 4.78 is 61.5.